The van der Waals surface area contributed by atoms with Crippen LogP contribution >= 0.6 is 0 Å². The quantitative estimate of drug-likeness (QED) is 0.0898. The summed E-state index contributed by atoms with van der Waals surface area (Å²) in [7, 11) is 1.38. The Kier molecular flexibility index (Phi) is 17.6. The van der Waals surface area contributed by atoms with Crippen LogP contribution in [0.3, 0.4) is 0 Å². The van der Waals surface area contributed by atoms with Crippen LogP contribution in [0.4, 0.5) is 0 Å². The van der Waals surface area contributed by atoms with Crippen molar-refractivity contribution >= 4 is 53.7 Å². The maximum Gasteiger partial charge on any atom is 0.311 e. The molecule has 1 N–H and O–H groups in total. The number of esters is 8. The van der Waals surface area contributed by atoms with Crippen LogP contribution in [0, 0.1) is 50.2 Å². The number of fused-ring (bicyclic) bond motifs is 7. The number of allylic oxidation sites excluding steroid dienone is 2. The fraction of sp³-hybridized carbons (Fsp3) is 0.804. The van der Waals surface area contributed by atoms with Crippen LogP contribution in [-0.4, -0.2) is 147 Å². The van der Waals surface area contributed by atoms with Crippen LogP contribution in [0.1, 0.15) is 147 Å². The second-order valence-electron chi connectivity index (χ2n) is 24.1. The Morgan fingerprint density at radius 1 is 0.615 bits per heavy atom. The van der Waals surface area contributed by atoms with Crippen LogP contribution in [0.15, 0.2) is 11.6 Å². The molecule has 0 aromatic carbocycles. The molecule has 0 spiro atoms. The van der Waals surface area contributed by atoms with Gasteiger partial charge in [0.25, 0.3) is 0 Å². The molecular weight excluding hydrogens is 1020 g/mol. The van der Waals surface area contributed by atoms with Gasteiger partial charge in [-0.3, -0.25) is 43.2 Å². The van der Waals surface area contributed by atoms with Gasteiger partial charge in [-0.2, -0.15) is 0 Å². The number of aliphatic carboxylic acids is 1. The van der Waals surface area contributed by atoms with Gasteiger partial charge < -0.3 is 61.9 Å². The Morgan fingerprint density at radius 2 is 1.18 bits per heavy atom. The van der Waals surface area contributed by atoms with Crippen LogP contribution in [0.2, 0.25) is 0 Å². The fourth-order valence-electron chi connectivity index (χ4n) is 15.6. The zero-order valence-electron chi connectivity index (χ0n) is 47.3. The summed E-state index contributed by atoms with van der Waals surface area (Å²) in [6.07, 6.45) is -6.63. The third kappa shape index (κ3) is 11.2. The van der Waals surface area contributed by atoms with E-state index in [4.69, 9.17) is 56.8 Å². The van der Waals surface area contributed by atoms with Crippen molar-refractivity contribution in [3.05, 3.63) is 11.6 Å². The van der Waals surface area contributed by atoms with E-state index in [9.17, 15) is 48.3 Å². The van der Waals surface area contributed by atoms with Crippen LogP contribution < -0.4 is 0 Å². The van der Waals surface area contributed by atoms with E-state index in [0.717, 1.165) is 53.5 Å². The monoisotopic (exact) mass is 1100 g/mol. The molecule has 5 aliphatic carbocycles. The molecule has 0 aromatic rings. The third-order valence-corrected chi connectivity index (χ3v) is 19.4. The van der Waals surface area contributed by atoms with Crippen molar-refractivity contribution in [2.45, 2.75) is 209 Å². The highest BCUT2D eigenvalue weighted by atomic mass is 16.8. The molecule has 4 saturated carbocycles. The predicted molar refractivity (Wildman–Crippen MR) is 267 cm³/mol. The summed E-state index contributed by atoms with van der Waals surface area (Å²) in [4.78, 5) is 115. The number of carbonyl (C=O) groups is 9. The van der Waals surface area contributed by atoms with Crippen molar-refractivity contribution in [1.29, 1.82) is 0 Å². The Bertz CT molecular complexity index is 2400. The second kappa shape index (κ2) is 22.7. The molecule has 22 heteroatoms. The zero-order valence-corrected chi connectivity index (χ0v) is 47.3. The molecule has 7 aliphatic rings. The van der Waals surface area contributed by atoms with Gasteiger partial charge in [0.15, 0.2) is 43.1 Å². The van der Waals surface area contributed by atoms with E-state index in [1.807, 2.05) is 13.8 Å². The van der Waals surface area contributed by atoms with Gasteiger partial charge in [0, 0.05) is 53.9 Å². The smallest absolute Gasteiger partial charge is 0.311 e. The van der Waals surface area contributed by atoms with E-state index < -0.39 is 144 Å². The van der Waals surface area contributed by atoms with Crippen molar-refractivity contribution in [1.82, 2.24) is 0 Å². The first-order valence-corrected chi connectivity index (χ1v) is 27.1. The topological polar surface area (TPSA) is 285 Å². The van der Waals surface area contributed by atoms with Gasteiger partial charge in [0.2, 0.25) is 0 Å². The van der Waals surface area contributed by atoms with Crippen molar-refractivity contribution in [3.8, 4) is 0 Å². The lowest BCUT2D eigenvalue weighted by molar-refractivity contribution is -0.354. The predicted octanol–water partition coefficient (Wildman–Crippen LogP) is 5.64. The maximum absolute atomic E-state index is 13.4. The first-order chi connectivity index (χ1) is 36.4. The molecule has 0 amide bonds. The van der Waals surface area contributed by atoms with Gasteiger partial charge in [0.1, 0.15) is 18.8 Å². The minimum atomic E-state index is -1.73. The normalized spacial score (nSPS) is 41.7. The van der Waals surface area contributed by atoms with E-state index >= 15 is 0 Å². The van der Waals surface area contributed by atoms with Crippen molar-refractivity contribution in [2.24, 2.45) is 50.2 Å². The summed E-state index contributed by atoms with van der Waals surface area (Å²) in [5, 5.41) is 11.0. The molecule has 0 radical (unpaired) electrons. The van der Waals surface area contributed by atoms with Crippen molar-refractivity contribution in [3.63, 3.8) is 0 Å². The summed E-state index contributed by atoms with van der Waals surface area (Å²) < 4.78 is 71.0. The molecule has 2 aliphatic heterocycles. The Hall–Kier alpha value is -5.19. The van der Waals surface area contributed by atoms with Crippen molar-refractivity contribution < 1.29 is 105 Å². The number of hydrogen-bond acceptors (Lipinski definition) is 21. The summed E-state index contributed by atoms with van der Waals surface area (Å²) in [6, 6.07) is 0. The van der Waals surface area contributed by atoms with Gasteiger partial charge >= 0.3 is 53.7 Å². The Balaban J connectivity index is 1.21. The lowest BCUT2D eigenvalue weighted by atomic mass is 9.33. The number of carbonyl (C=O) groups excluding carboxylic acids is 8. The molecule has 0 bridgehead atoms. The lowest BCUT2D eigenvalue weighted by Gasteiger charge is -2.71. The highest BCUT2D eigenvalue weighted by Crippen LogP contribution is 2.76. The summed E-state index contributed by atoms with van der Waals surface area (Å²) >= 11 is 0. The summed E-state index contributed by atoms with van der Waals surface area (Å²) in [5.74, 6) is -7.01. The van der Waals surface area contributed by atoms with E-state index in [1.165, 1.54) is 14.0 Å². The van der Waals surface area contributed by atoms with E-state index in [-0.39, 0.29) is 41.2 Å². The molecule has 0 aromatic heterocycles. The molecule has 78 heavy (non-hydrogen) atoms. The van der Waals surface area contributed by atoms with E-state index in [1.54, 1.807) is 0 Å². The third-order valence-electron chi connectivity index (χ3n) is 19.4. The SMILES string of the molecule is COC(=O)[C@@]1(C)CC[C@]2(C(=O)O)CC[C@]3(C)C(=CC[C@@H]4[C@@]5(C)CC[C@H](O[C@@H]6OC[C@@H](O[C@@H]7O[C@H](COC(C)=O)[C@@H](OC(C)=O)[C@H](OC(C)=O)[C@H]7OC(C)=O)[C@H](OC(C)=O)[C@H]6OC(C)=O)[C@@](C)(COC(C)=O)[C@@H]5CC[C@]43C)[C@@H]2C1. The zero-order chi connectivity index (χ0) is 57.7. The molecular formula is C56H80O22. The molecule has 0 unspecified atom stereocenters. The molecule has 2 heterocycles. The summed E-state index contributed by atoms with van der Waals surface area (Å²) in [5.41, 5.74) is -2.70. The maximum atomic E-state index is 13.4. The van der Waals surface area contributed by atoms with Gasteiger partial charge in [-0.1, -0.05) is 39.3 Å². The van der Waals surface area contributed by atoms with Crippen molar-refractivity contribution in [2.75, 3.05) is 26.9 Å². The minimum Gasteiger partial charge on any atom is -0.481 e. The first kappa shape index (κ1) is 60.5. The second-order valence-corrected chi connectivity index (χ2v) is 24.1. The standard InChI is InChI=1S/C56H80O22/c1-28(57)68-25-37-42(71-30(3)59)44(73-32(5)61)46(75-34(7)63)48(76-37)77-38-26-69-47(45(74-33(6)62)43(38)72-31(4)60)78-41-17-18-52(9)39(53(41,10)27-70-29(2)58)16-19-55(12)40(52)15-14-35-36-24-51(8,50(66)67-13)20-22-56(36,49(64)65)23-21-54(35,55)11/h14,36-48H,15-27H2,1-13H3,(H,64,65)/t36-,37+,38+,39+,40+,41-,42+,43-,44-,45+,46+,47-,48-,51-,52-,53-,54+,55+,56-/m0/s1. The number of carboxylic acid groups (broad SMARTS) is 1. The van der Waals surface area contributed by atoms with Gasteiger partial charge in [-0.05, 0) is 105 Å². The molecule has 7 rings (SSSR count). The molecule has 436 valence electrons. The fourth-order valence-corrected chi connectivity index (χ4v) is 15.6. The van der Waals surface area contributed by atoms with Crippen LogP contribution in [0.5, 0.6) is 0 Å². The number of hydrogen-bond donors (Lipinski definition) is 1. The van der Waals surface area contributed by atoms with Gasteiger partial charge in [-0.25, -0.2) is 0 Å². The summed E-state index contributed by atoms with van der Waals surface area (Å²) in [6.45, 7) is 17.8. The van der Waals surface area contributed by atoms with Gasteiger partial charge in [-0.15, -0.1) is 0 Å². The molecule has 19 atom stereocenters. The number of rotatable bonds is 15. The molecule has 2 saturated heterocycles. The minimum absolute atomic E-state index is 0.0443. The highest BCUT2D eigenvalue weighted by Gasteiger charge is 2.71. The molecule has 6 fully saturated rings. The average molecular weight is 1110 g/mol. The first-order valence-electron chi connectivity index (χ1n) is 27.1. The van der Waals surface area contributed by atoms with E-state index in [2.05, 4.69) is 26.8 Å². The Morgan fingerprint density at radius 3 is 1.76 bits per heavy atom. The van der Waals surface area contributed by atoms with Crippen LogP contribution in [-0.2, 0) is 100.0 Å². The number of carboxylic acids is 1. The van der Waals surface area contributed by atoms with Crippen LogP contribution in [0.25, 0.3) is 0 Å². The van der Waals surface area contributed by atoms with E-state index in [0.29, 0.717) is 57.8 Å². The Labute approximate surface area is 455 Å². The lowest BCUT2D eigenvalue weighted by Crippen LogP contribution is -2.67. The largest absolute Gasteiger partial charge is 0.481 e. The number of methoxy groups -OCH3 is 1. The van der Waals surface area contributed by atoms with Gasteiger partial charge in [0.05, 0.1) is 37.3 Å². The molecule has 22 nitrogen and oxygen atoms in total. The average Bonchev–Trinajstić information content (AvgIpc) is 3.27. The number of ether oxygens (including phenoxy) is 12. The highest BCUT2D eigenvalue weighted by molar-refractivity contribution is 5.80.